The monoisotopic (exact) mass is 414 g/mol. The molecule has 7 heteroatoms. The quantitative estimate of drug-likeness (QED) is 0.706. The second-order valence-electron chi connectivity index (χ2n) is 7.90. The molecule has 1 saturated heterocycles. The Labute approximate surface area is 174 Å². The molecule has 5 nitrogen and oxygen atoms in total. The first-order chi connectivity index (χ1) is 14.4. The molecule has 4 rings (SSSR count). The van der Waals surface area contributed by atoms with Gasteiger partial charge in [-0.2, -0.15) is 0 Å². The molecule has 0 spiro atoms. The number of hydrogen-bond donors (Lipinski definition) is 0. The second-order valence-corrected chi connectivity index (χ2v) is 7.90. The molecule has 2 aliphatic heterocycles. The van der Waals surface area contributed by atoms with Gasteiger partial charge in [-0.25, -0.2) is 13.6 Å². The van der Waals surface area contributed by atoms with Crippen LogP contribution in [0.3, 0.4) is 0 Å². The minimum absolute atomic E-state index is 0.00400. The summed E-state index contributed by atoms with van der Waals surface area (Å²) >= 11 is 0. The summed E-state index contributed by atoms with van der Waals surface area (Å²) < 4.78 is 32.5. The lowest BCUT2D eigenvalue weighted by molar-refractivity contribution is -0.132. The number of carbonyl (C=O) groups excluding carboxylic acids is 2. The molecular formula is C23H24F2N2O3. The molecule has 0 bridgehead atoms. The van der Waals surface area contributed by atoms with E-state index in [-0.39, 0.29) is 23.9 Å². The standard InChI is InChI=1S/C23H24F2N2O3/c1-15-20(24)11-17(12-21(15)25)13-22(28)27-8-6-26(7-9-27)5-4-16-2-3-19-18(10-16)14-30-23(19)29/h2-3,10-12H,4-9,13-14H2,1H3. The van der Waals surface area contributed by atoms with Crippen LogP contribution in [0, 0.1) is 18.6 Å². The van der Waals surface area contributed by atoms with Gasteiger partial charge in [0, 0.05) is 43.9 Å². The maximum atomic E-state index is 13.7. The zero-order chi connectivity index (χ0) is 21.3. The van der Waals surface area contributed by atoms with Crippen molar-refractivity contribution < 1.29 is 23.1 Å². The maximum absolute atomic E-state index is 13.7. The van der Waals surface area contributed by atoms with Crippen LogP contribution in [0.5, 0.6) is 0 Å². The van der Waals surface area contributed by atoms with Gasteiger partial charge < -0.3 is 9.64 Å². The van der Waals surface area contributed by atoms with E-state index in [0.29, 0.717) is 30.8 Å². The lowest BCUT2D eigenvalue weighted by atomic mass is 10.0. The molecule has 0 aromatic heterocycles. The van der Waals surface area contributed by atoms with Crippen molar-refractivity contribution in [2.75, 3.05) is 32.7 Å². The number of esters is 1. The van der Waals surface area contributed by atoms with Crippen LogP contribution >= 0.6 is 0 Å². The van der Waals surface area contributed by atoms with E-state index < -0.39 is 11.6 Å². The van der Waals surface area contributed by atoms with Crippen molar-refractivity contribution in [3.63, 3.8) is 0 Å². The van der Waals surface area contributed by atoms with Gasteiger partial charge in [0.2, 0.25) is 5.91 Å². The fraction of sp³-hybridized carbons (Fsp3) is 0.391. The third kappa shape index (κ3) is 4.36. The molecular weight excluding hydrogens is 390 g/mol. The number of fused-ring (bicyclic) bond motifs is 1. The molecule has 2 aromatic rings. The highest BCUT2D eigenvalue weighted by molar-refractivity contribution is 5.93. The van der Waals surface area contributed by atoms with Crippen LogP contribution < -0.4 is 0 Å². The topological polar surface area (TPSA) is 49.9 Å². The number of piperazine rings is 1. The Morgan fingerprint density at radius 2 is 1.73 bits per heavy atom. The minimum atomic E-state index is -0.620. The average Bonchev–Trinajstić information content (AvgIpc) is 3.11. The minimum Gasteiger partial charge on any atom is -0.457 e. The summed E-state index contributed by atoms with van der Waals surface area (Å²) in [5.74, 6) is -1.61. The molecule has 158 valence electrons. The highest BCUT2D eigenvalue weighted by Gasteiger charge is 2.23. The van der Waals surface area contributed by atoms with E-state index in [4.69, 9.17) is 4.74 Å². The molecule has 2 aliphatic rings. The first-order valence-electron chi connectivity index (χ1n) is 10.1. The summed E-state index contributed by atoms with van der Waals surface area (Å²) in [6, 6.07) is 8.29. The molecule has 0 unspecified atom stereocenters. The summed E-state index contributed by atoms with van der Waals surface area (Å²) in [5, 5.41) is 0. The molecule has 2 aromatic carbocycles. The zero-order valence-electron chi connectivity index (χ0n) is 16.9. The normalized spacial score (nSPS) is 16.5. The number of benzene rings is 2. The number of cyclic esters (lactones) is 1. The first-order valence-corrected chi connectivity index (χ1v) is 10.1. The molecule has 1 fully saturated rings. The van der Waals surface area contributed by atoms with E-state index in [1.807, 2.05) is 18.2 Å². The summed E-state index contributed by atoms with van der Waals surface area (Å²) in [5.41, 5.74) is 3.09. The highest BCUT2D eigenvalue weighted by atomic mass is 19.1. The third-order valence-electron chi connectivity index (χ3n) is 5.89. The van der Waals surface area contributed by atoms with Crippen molar-refractivity contribution in [3.05, 3.63) is 69.8 Å². The van der Waals surface area contributed by atoms with Gasteiger partial charge in [-0.3, -0.25) is 9.69 Å². The number of amides is 1. The van der Waals surface area contributed by atoms with Crippen LogP contribution in [0.4, 0.5) is 8.78 Å². The Balaban J connectivity index is 1.26. The average molecular weight is 414 g/mol. The van der Waals surface area contributed by atoms with Crippen LogP contribution in [0.25, 0.3) is 0 Å². The van der Waals surface area contributed by atoms with Gasteiger partial charge in [-0.05, 0) is 42.7 Å². The van der Waals surface area contributed by atoms with Gasteiger partial charge in [0.05, 0.1) is 12.0 Å². The lowest BCUT2D eigenvalue weighted by Gasteiger charge is -2.35. The van der Waals surface area contributed by atoms with Crippen LogP contribution in [0.1, 0.15) is 32.6 Å². The van der Waals surface area contributed by atoms with E-state index in [1.54, 1.807) is 4.90 Å². The summed E-state index contributed by atoms with van der Waals surface area (Å²) in [6.45, 7) is 5.31. The van der Waals surface area contributed by atoms with E-state index in [9.17, 15) is 18.4 Å². The van der Waals surface area contributed by atoms with E-state index in [1.165, 1.54) is 19.1 Å². The lowest BCUT2D eigenvalue weighted by Crippen LogP contribution is -2.49. The van der Waals surface area contributed by atoms with Gasteiger partial charge in [0.25, 0.3) is 0 Å². The fourth-order valence-electron chi connectivity index (χ4n) is 3.94. The van der Waals surface area contributed by atoms with Crippen molar-refractivity contribution >= 4 is 11.9 Å². The van der Waals surface area contributed by atoms with Gasteiger partial charge in [0.1, 0.15) is 18.2 Å². The van der Waals surface area contributed by atoms with Crippen molar-refractivity contribution in [1.29, 1.82) is 0 Å². The largest absolute Gasteiger partial charge is 0.457 e. The molecule has 0 N–H and O–H groups in total. The van der Waals surface area contributed by atoms with E-state index >= 15 is 0 Å². The van der Waals surface area contributed by atoms with Gasteiger partial charge >= 0.3 is 5.97 Å². The Morgan fingerprint density at radius 3 is 2.43 bits per heavy atom. The smallest absolute Gasteiger partial charge is 0.338 e. The van der Waals surface area contributed by atoms with Crippen molar-refractivity contribution in [3.8, 4) is 0 Å². The van der Waals surface area contributed by atoms with Crippen LogP contribution in [0.15, 0.2) is 30.3 Å². The number of ether oxygens (including phenoxy) is 1. The molecule has 0 aliphatic carbocycles. The number of hydrogen-bond acceptors (Lipinski definition) is 4. The number of halogens is 2. The maximum Gasteiger partial charge on any atom is 0.338 e. The van der Waals surface area contributed by atoms with Gasteiger partial charge in [-0.15, -0.1) is 0 Å². The van der Waals surface area contributed by atoms with Crippen molar-refractivity contribution in [2.45, 2.75) is 26.4 Å². The summed E-state index contributed by atoms with van der Waals surface area (Å²) in [7, 11) is 0. The highest BCUT2D eigenvalue weighted by Crippen LogP contribution is 2.21. The number of rotatable bonds is 5. The fourth-order valence-corrected chi connectivity index (χ4v) is 3.94. The molecule has 0 saturated carbocycles. The number of nitrogens with zero attached hydrogens (tertiary/aromatic N) is 2. The van der Waals surface area contributed by atoms with Crippen LogP contribution in [-0.4, -0.2) is 54.4 Å². The molecule has 30 heavy (non-hydrogen) atoms. The van der Waals surface area contributed by atoms with Crippen molar-refractivity contribution in [1.82, 2.24) is 9.80 Å². The molecule has 0 atom stereocenters. The van der Waals surface area contributed by atoms with Gasteiger partial charge in [0.15, 0.2) is 0 Å². The first kappa shape index (κ1) is 20.5. The number of carbonyl (C=O) groups is 2. The summed E-state index contributed by atoms with van der Waals surface area (Å²) in [4.78, 5) is 28.1. The SMILES string of the molecule is Cc1c(F)cc(CC(=O)N2CCN(CCc3ccc4c(c3)COC4=O)CC2)cc1F. The molecule has 1 amide bonds. The van der Waals surface area contributed by atoms with Crippen LogP contribution in [-0.2, 0) is 29.0 Å². The predicted molar refractivity (Wildman–Crippen MR) is 107 cm³/mol. The molecule has 0 radical (unpaired) electrons. The Hall–Kier alpha value is -2.80. The second kappa shape index (κ2) is 8.52. The Bertz CT molecular complexity index is 961. The third-order valence-corrected chi connectivity index (χ3v) is 5.89. The zero-order valence-corrected chi connectivity index (χ0v) is 16.9. The Morgan fingerprint density at radius 1 is 1.03 bits per heavy atom. The Kier molecular flexibility index (Phi) is 5.81. The van der Waals surface area contributed by atoms with Gasteiger partial charge in [-0.1, -0.05) is 12.1 Å². The predicted octanol–water partition coefficient (Wildman–Crippen LogP) is 2.87. The summed E-state index contributed by atoms with van der Waals surface area (Å²) in [6.07, 6.45) is 0.862. The van der Waals surface area contributed by atoms with E-state index in [2.05, 4.69) is 4.90 Å². The van der Waals surface area contributed by atoms with E-state index in [0.717, 1.165) is 37.2 Å². The molecule has 2 heterocycles. The van der Waals surface area contributed by atoms with Crippen molar-refractivity contribution in [2.24, 2.45) is 0 Å². The van der Waals surface area contributed by atoms with Crippen LogP contribution in [0.2, 0.25) is 0 Å².